The molecule has 0 aliphatic carbocycles. The number of hydrogen-bond donors (Lipinski definition) is 1. The predicted octanol–water partition coefficient (Wildman–Crippen LogP) is 3.59. The van der Waals surface area contributed by atoms with Crippen LogP contribution in [0.15, 0.2) is 71.3 Å². The van der Waals surface area contributed by atoms with E-state index in [4.69, 9.17) is 14.2 Å². The Morgan fingerprint density at radius 1 is 0.977 bits per heavy atom. The molecule has 0 unspecified atom stereocenters. The summed E-state index contributed by atoms with van der Waals surface area (Å²) in [5.41, 5.74) is 1.06. The van der Waals surface area contributed by atoms with Gasteiger partial charge in [-0.1, -0.05) is 36.8 Å². The second-order valence-electron chi connectivity index (χ2n) is 11.6. The summed E-state index contributed by atoms with van der Waals surface area (Å²) in [6.45, 7) is 3.34. The van der Waals surface area contributed by atoms with Crippen molar-refractivity contribution in [3.63, 3.8) is 0 Å². The number of nitrogens with zero attached hydrogens (tertiary/aromatic N) is 3. The van der Waals surface area contributed by atoms with Crippen LogP contribution in [0.5, 0.6) is 5.75 Å². The van der Waals surface area contributed by atoms with Crippen molar-refractivity contribution in [2.75, 3.05) is 59.6 Å². The molecule has 0 radical (unpaired) electrons. The van der Waals surface area contributed by atoms with Crippen LogP contribution in [0.25, 0.3) is 0 Å². The van der Waals surface area contributed by atoms with Crippen molar-refractivity contribution in [2.45, 2.75) is 61.7 Å². The predicted molar refractivity (Wildman–Crippen MR) is 167 cm³/mol. The Kier molecular flexibility index (Phi) is 11.3. The summed E-state index contributed by atoms with van der Waals surface area (Å²) >= 11 is 0. The Balaban J connectivity index is 1.23. The van der Waals surface area contributed by atoms with Crippen molar-refractivity contribution in [3.8, 4) is 5.75 Å². The van der Waals surface area contributed by atoms with Gasteiger partial charge in [0.05, 0.1) is 25.2 Å². The van der Waals surface area contributed by atoms with E-state index < -0.39 is 16.3 Å². The Hall–Kier alpha value is -2.96. The first kappa shape index (κ1) is 32.4. The number of hydrogen-bond acceptors (Lipinski definition) is 8. The number of rotatable bonds is 12. The number of amides is 1. The van der Waals surface area contributed by atoms with Crippen molar-refractivity contribution in [2.24, 2.45) is 0 Å². The van der Waals surface area contributed by atoms with Gasteiger partial charge in [-0.05, 0) is 74.7 Å². The number of carbonyl (C=O) groups excluding carboxylic acids is 1. The van der Waals surface area contributed by atoms with Crippen LogP contribution in [0, 0.1) is 0 Å². The molecule has 3 heterocycles. The highest BCUT2D eigenvalue weighted by molar-refractivity contribution is 7.89. The highest BCUT2D eigenvalue weighted by Gasteiger charge is 2.34. The number of piperidine rings is 2. The molecule has 10 nitrogen and oxygen atoms in total. The minimum absolute atomic E-state index is 0.0157. The smallest absolute Gasteiger partial charge is 0.288 e. The molecular formula is C33H45N3O7S. The number of allylic oxidation sites excluding steroid dienone is 1. The zero-order valence-corrected chi connectivity index (χ0v) is 26.4. The molecule has 1 amide bonds. The van der Waals surface area contributed by atoms with Crippen LogP contribution >= 0.6 is 0 Å². The van der Waals surface area contributed by atoms with Crippen LogP contribution in [-0.2, 0) is 24.3 Å². The number of aliphatic hydroxyl groups excluding tert-OH is 1. The first-order valence-electron chi connectivity index (χ1n) is 15.7. The molecule has 0 aromatic heterocycles. The van der Waals surface area contributed by atoms with Gasteiger partial charge in [-0.15, -0.1) is 0 Å². The maximum absolute atomic E-state index is 13.7. The second-order valence-corrected chi connectivity index (χ2v) is 13.6. The quantitative estimate of drug-likeness (QED) is 0.381. The van der Waals surface area contributed by atoms with E-state index in [9.17, 15) is 18.3 Å². The number of carbonyl (C=O) groups is 1. The van der Waals surface area contributed by atoms with Gasteiger partial charge in [-0.25, -0.2) is 8.42 Å². The van der Waals surface area contributed by atoms with E-state index in [0.29, 0.717) is 31.3 Å². The van der Waals surface area contributed by atoms with Gasteiger partial charge in [-0.2, -0.15) is 4.31 Å². The maximum Gasteiger partial charge on any atom is 0.288 e. The van der Waals surface area contributed by atoms with Crippen LogP contribution < -0.4 is 4.74 Å². The normalized spacial score (nSPS) is 22.0. The average molecular weight is 628 g/mol. The van der Waals surface area contributed by atoms with Gasteiger partial charge in [0.1, 0.15) is 5.75 Å². The first-order valence-corrected chi connectivity index (χ1v) is 17.2. The summed E-state index contributed by atoms with van der Waals surface area (Å²) < 4.78 is 45.2. The van der Waals surface area contributed by atoms with E-state index in [1.54, 1.807) is 12.1 Å². The number of aliphatic hydroxyl groups is 1. The largest absolute Gasteiger partial charge is 0.497 e. The molecule has 2 saturated heterocycles. The molecule has 0 saturated carbocycles. The molecule has 3 aliphatic rings. The molecule has 0 spiro atoms. The summed E-state index contributed by atoms with van der Waals surface area (Å²) in [6, 6.07) is 16.6. The number of sulfonamides is 1. The minimum Gasteiger partial charge on any atom is -0.497 e. The Morgan fingerprint density at radius 3 is 2.34 bits per heavy atom. The topological polar surface area (TPSA) is 109 Å². The van der Waals surface area contributed by atoms with Gasteiger partial charge in [0.2, 0.25) is 16.3 Å². The summed E-state index contributed by atoms with van der Waals surface area (Å²) in [4.78, 5) is 18.3. The zero-order valence-electron chi connectivity index (χ0n) is 25.6. The van der Waals surface area contributed by atoms with E-state index in [-0.39, 0.29) is 48.8 Å². The van der Waals surface area contributed by atoms with Crippen molar-refractivity contribution in [1.29, 1.82) is 0 Å². The van der Waals surface area contributed by atoms with Crippen LogP contribution in [0.3, 0.4) is 0 Å². The van der Waals surface area contributed by atoms with Crippen molar-refractivity contribution < 1.29 is 32.5 Å². The lowest BCUT2D eigenvalue weighted by Crippen LogP contribution is -2.49. The van der Waals surface area contributed by atoms with Crippen LogP contribution in [0.2, 0.25) is 0 Å². The Bertz CT molecular complexity index is 1340. The molecule has 3 aliphatic heterocycles. The highest BCUT2D eigenvalue weighted by atomic mass is 32.2. The van der Waals surface area contributed by atoms with E-state index >= 15 is 0 Å². The molecule has 2 fully saturated rings. The summed E-state index contributed by atoms with van der Waals surface area (Å²) in [5, 5.41) is 9.60. The molecule has 1 N–H and O–H groups in total. The molecule has 0 bridgehead atoms. The van der Waals surface area contributed by atoms with E-state index in [1.165, 1.54) is 42.8 Å². The number of benzene rings is 2. The van der Waals surface area contributed by atoms with Crippen LogP contribution in [0.1, 0.15) is 50.0 Å². The third-order valence-corrected chi connectivity index (χ3v) is 10.8. The van der Waals surface area contributed by atoms with E-state index in [0.717, 1.165) is 31.5 Å². The average Bonchev–Trinajstić information content (AvgIpc) is 3.08. The lowest BCUT2D eigenvalue weighted by molar-refractivity contribution is -0.153. The summed E-state index contributed by atoms with van der Waals surface area (Å²) in [6.07, 6.45) is 7.41. The molecule has 2 atom stereocenters. The SMILES string of the molecule is COc1ccc(S(=O)(=O)N(CCO)CCO[C@H]2C[C@@H](c3ccccc3)C=C(C(=O)N3CCC(N4CCCCC4)CC3)O2)cc1. The molecule has 2 aromatic rings. The van der Waals surface area contributed by atoms with Gasteiger partial charge in [-0.3, -0.25) is 4.79 Å². The van der Waals surface area contributed by atoms with Gasteiger partial charge >= 0.3 is 0 Å². The molecule has 11 heteroatoms. The lowest BCUT2D eigenvalue weighted by atomic mass is 9.92. The summed E-state index contributed by atoms with van der Waals surface area (Å²) in [7, 11) is -2.36. The fraction of sp³-hybridized carbons (Fsp3) is 0.545. The van der Waals surface area contributed by atoms with E-state index in [2.05, 4.69) is 4.90 Å². The monoisotopic (exact) mass is 627 g/mol. The van der Waals surface area contributed by atoms with Gasteiger partial charge in [0, 0.05) is 44.6 Å². The standard InChI is InChI=1S/C33H45N3O7S/c1-41-29-10-12-30(13-11-29)44(39,40)36(20-22-37)21-23-42-32-25-27(26-8-4-2-5-9-26)24-31(43-32)33(38)35-18-14-28(15-19-35)34-16-6-3-7-17-34/h2,4-5,8-13,24,27-28,32,37H,3,6-7,14-23,25H2,1H3/t27-,32+/m0/s1. The lowest BCUT2D eigenvalue weighted by Gasteiger charge is -2.40. The molecule has 2 aromatic carbocycles. The van der Waals surface area contributed by atoms with E-state index in [1.807, 2.05) is 41.3 Å². The van der Waals surface area contributed by atoms with Crippen molar-refractivity contribution in [3.05, 3.63) is 72.0 Å². The third kappa shape index (κ3) is 8.00. The van der Waals surface area contributed by atoms with Crippen molar-refractivity contribution >= 4 is 15.9 Å². The molecule has 44 heavy (non-hydrogen) atoms. The molecular weight excluding hydrogens is 582 g/mol. The minimum atomic E-state index is -3.88. The van der Waals surface area contributed by atoms with Gasteiger partial charge in [0.15, 0.2) is 5.76 Å². The second kappa shape index (κ2) is 15.4. The molecule has 240 valence electrons. The number of likely N-dealkylation sites (tertiary alicyclic amines) is 2. The van der Waals surface area contributed by atoms with Crippen LogP contribution in [0.4, 0.5) is 0 Å². The number of ether oxygens (including phenoxy) is 3. The molecule has 5 rings (SSSR count). The third-order valence-electron chi connectivity index (χ3n) is 8.85. The fourth-order valence-corrected chi connectivity index (χ4v) is 7.78. The summed E-state index contributed by atoms with van der Waals surface area (Å²) in [5.74, 6) is 0.620. The Morgan fingerprint density at radius 2 is 1.68 bits per heavy atom. The van der Waals surface area contributed by atoms with Gasteiger partial charge in [0.25, 0.3) is 5.91 Å². The van der Waals surface area contributed by atoms with Gasteiger partial charge < -0.3 is 29.1 Å². The first-order chi connectivity index (χ1) is 21.4. The fourth-order valence-electron chi connectivity index (χ4n) is 6.36. The van der Waals surface area contributed by atoms with Crippen molar-refractivity contribution in [1.82, 2.24) is 14.1 Å². The maximum atomic E-state index is 13.7. The van der Waals surface area contributed by atoms with Crippen LogP contribution in [-0.4, -0.2) is 105 Å². The highest BCUT2D eigenvalue weighted by Crippen LogP contribution is 2.33. The zero-order chi connectivity index (χ0) is 30.9. The number of methoxy groups -OCH3 is 1. The Labute approximate surface area is 261 Å².